The summed E-state index contributed by atoms with van der Waals surface area (Å²) in [6, 6.07) is 14.8. The molecule has 1 N–H and O–H groups in total. The van der Waals surface area contributed by atoms with Gasteiger partial charge < -0.3 is 5.11 Å². The molecule has 162 valence electrons. The van der Waals surface area contributed by atoms with Crippen LogP contribution in [0.2, 0.25) is 0 Å². The molecule has 5 heteroatoms. The first-order chi connectivity index (χ1) is 14.9. The van der Waals surface area contributed by atoms with E-state index >= 15 is 0 Å². The van der Waals surface area contributed by atoms with Crippen LogP contribution >= 0.6 is 0 Å². The summed E-state index contributed by atoms with van der Waals surface area (Å²) in [5, 5.41) is 9.44. The lowest BCUT2D eigenvalue weighted by molar-refractivity contribution is 0.0697. The molecule has 0 aliphatic carbocycles. The van der Waals surface area contributed by atoms with Gasteiger partial charge in [-0.25, -0.2) is 9.59 Å². The molecule has 0 aliphatic heterocycles. The van der Waals surface area contributed by atoms with E-state index in [1.165, 1.54) is 0 Å². The van der Waals surface area contributed by atoms with Crippen LogP contribution in [0.5, 0.6) is 0 Å². The Hall–Kier alpha value is -3.34. The fraction of sp³-hybridized carbons (Fsp3) is 0.308. The van der Waals surface area contributed by atoms with Crippen LogP contribution in [0.25, 0.3) is 11.1 Å². The van der Waals surface area contributed by atoms with E-state index in [4.69, 9.17) is 0 Å². The minimum atomic E-state index is -0.942. The van der Waals surface area contributed by atoms with Crippen LogP contribution in [-0.4, -0.2) is 20.2 Å². The second kappa shape index (κ2) is 10.1. The second-order valence-electron chi connectivity index (χ2n) is 8.19. The van der Waals surface area contributed by atoms with Crippen LogP contribution in [0.1, 0.15) is 48.8 Å². The Labute approximate surface area is 183 Å². The highest BCUT2D eigenvalue weighted by Gasteiger charge is 2.13. The fourth-order valence-electron chi connectivity index (χ4n) is 3.60. The summed E-state index contributed by atoms with van der Waals surface area (Å²) in [6.45, 7) is 7.50. The van der Waals surface area contributed by atoms with Gasteiger partial charge >= 0.3 is 11.7 Å². The van der Waals surface area contributed by atoms with E-state index < -0.39 is 5.97 Å². The van der Waals surface area contributed by atoms with Gasteiger partial charge in [0.05, 0.1) is 12.1 Å². The van der Waals surface area contributed by atoms with Gasteiger partial charge in [-0.05, 0) is 42.0 Å². The second-order valence-corrected chi connectivity index (χ2v) is 8.19. The van der Waals surface area contributed by atoms with E-state index in [2.05, 4.69) is 19.9 Å². The van der Waals surface area contributed by atoms with Gasteiger partial charge in [-0.1, -0.05) is 68.5 Å². The number of aromatic nitrogens is 2. The number of hydrogen-bond acceptors (Lipinski definition) is 2. The highest BCUT2D eigenvalue weighted by atomic mass is 16.4. The van der Waals surface area contributed by atoms with Gasteiger partial charge in [0, 0.05) is 24.9 Å². The first-order valence-corrected chi connectivity index (χ1v) is 10.7. The number of carboxylic acid groups (broad SMARTS) is 1. The molecule has 5 nitrogen and oxygen atoms in total. The minimum absolute atomic E-state index is 0.0143. The predicted octanol–water partition coefficient (Wildman–Crippen LogP) is 5.23. The molecule has 3 aromatic rings. The Balaban J connectivity index is 1.88. The Kier molecular flexibility index (Phi) is 7.29. The van der Waals surface area contributed by atoms with Crippen molar-refractivity contribution in [2.24, 2.45) is 5.92 Å². The highest BCUT2D eigenvalue weighted by Crippen LogP contribution is 2.24. The molecule has 0 radical (unpaired) electrons. The van der Waals surface area contributed by atoms with Crippen molar-refractivity contribution in [1.82, 2.24) is 9.13 Å². The first kappa shape index (κ1) is 22.3. The van der Waals surface area contributed by atoms with Gasteiger partial charge in [-0.2, -0.15) is 0 Å². The van der Waals surface area contributed by atoms with E-state index in [1.807, 2.05) is 64.7 Å². The minimum Gasteiger partial charge on any atom is -0.478 e. The van der Waals surface area contributed by atoms with Crippen LogP contribution in [0.4, 0.5) is 0 Å². The quantitative estimate of drug-likeness (QED) is 0.484. The summed E-state index contributed by atoms with van der Waals surface area (Å²) in [7, 11) is 0. The average molecular weight is 419 g/mol. The van der Waals surface area contributed by atoms with Crippen molar-refractivity contribution in [3.05, 3.63) is 94.2 Å². The van der Waals surface area contributed by atoms with Crippen LogP contribution < -0.4 is 5.69 Å². The van der Waals surface area contributed by atoms with Crippen molar-refractivity contribution in [3.8, 4) is 11.1 Å². The molecule has 0 spiro atoms. The largest absolute Gasteiger partial charge is 0.478 e. The molecular formula is C26H30N2O3. The van der Waals surface area contributed by atoms with Crippen molar-refractivity contribution in [3.63, 3.8) is 0 Å². The fourth-order valence-corrected chi connectivity index (χ4v) is 3.60. The number of hydrogen-bond donors (Lipinski definition) is 1. The van der Waals surface area contributed by atoms with E-state index in [0.29, 0.717) is 24.4 Å². The zero-order valence-electron chi connectivity index (χ0n) is 18.4. The number of imidazole rings is 1. The number of aromatic carboxylic acids is 1. The Morgan fingerprint density at radius 3 is 2.45 bits per heavy atom. The SMILES string of the molecule is CC=CCc1cn(CCC(C)C)c(=O)n1Cc1ccc(-c2ccccc2C(=O)O)cc1. The van der Waals surface area contributed by atoms with Crippen molar-refractivity contribution in [1.29, 1.82) is 0 Å². The molecule has 0 fully saturated rings. The number of aryl methyl sites for hydroxylation is 1. The molecule has 0 saturated carbocycles. The summed E-state index contributed by atoms with van der Waals surface area (Å²) in [5.74, 6) is -0.405. The zero-order chi connectivity index (χ0) is 22.4. The number of allylic oxidation sites excluding steroid dienone is 2. The maximum Gasteiger partial charge on any atom is 0.336 e. The lowest BCUT2D eigenvalue weighted by atomic mass is 9.99. The lowest BCUT2D eigenvalue weighted by Crippen LogP contribution is -2.26. The standard InChI is InChI=1S/C26H30N2O3/c1-4-5-8-22-18-27(16-15-19(2)3)26(31)28(22)17-20-11-13-21(14-12-20)23-9-6-7-10-24(23)25(29)30/h4-7,9-14,18-19H,8,15-17H2,1-3H3,(H,29,30). The third kappa shape index (κ3) is 5.43. The molecular weight excluding hydrogens is 388 g/mol. The van der Waals surface area contributed by atoms with Crippen LogP contribution in [0.3, 0.4) is 0 Å². The van der Waals surface area contributed by atoms with Crippen LogP contribution in [-0.2, 0) is 19.5 Å². The van der Waals surface area contributed by atoms with E-state index in [0.717, 1.165) is 29.8 Å². The first-order valence-electron chi connectivity index (χ1n) is 10.7. The van der Waals surface area contributed by atoms with Gasteiger partial charge in [0.25, 0.3) is 0 Å². The van der Waals surface area contributed by atoms with Gasteiger partial charge in [-0.15, -0.1) is 0 Å². The van der Waals surface area contributed by atoms with Gasteiger partial charge in [-0.3, -0.25) is 9.13 Å². The number of rotatable bonds is 9. The Bertz CT molecular complexity index is 1120. The number of benzene rings is 2. The molecule has 0 atom stereocenters. The topological polar surface area (TPSA) is 64.2 Å². The highest BCUT2D eigenvalue weighted by molar-refractivity contribution is 5.95. The van der Waals surface area contributed by atoms with Gasteiger partial charge in [0.15, 0.2) is 0 Å². The maximum absolute atomic E-state index is 13.0. The van der Waals surface area contributed by atoms with Crippen molar-refractivity contribution in [2.75, 3.05) is 0 Å². The lowest BCUT2D eigenvalue weighted by Gasteiger charge is -2.09. The molecule has 31 heavy (non-hydrogen) atoms. The average Bonchev–Trinajstić information content (AvgIpc) is 3.06. The maximum atomic E-state index is 13.0. The molecule has 0 unspecified atom stereocenters. The van der Waals surface area contributed by atoms with E-state index in [9.17, 15) is 14.7 Å². The number of carbonyl (C=O) groups is 1. The molecule has 1 aromatic heterocycles. The van der Waals surface area contributed by atoms with E-state index in [1.54, 1.807) is 12.1 Å². The zero-order valence-corrected chi connectivity index (χ0v) is 18.4. The Morgan fingerprint density at radius 2 is 1.81 bits per heavy atom. The third-order valence-corrected chi connectivity index (χ3v) is 5.40. The molecule has 0 bridgehead atoms. The summed E-state index contributed by atoms with van der Waals surface area (Å²) in [6.07, 6.45) is 7.70. The van der Waals surface area contributed by atoms with Crippen molar-refractivity contribution < 1.29 is 9.90 Å². The summed E-state index contributed by atoms with van der Waals surface area (Å²) in [4.78, 5) is 24.5. The summed E-state index contributed by atoms with van der Waals surface area (Å²) in [5.41, 5.74) is 3.82. The molecule has 0 amide bonds. The van der Waals surface area contributed by atoms with Crippen molar-refractivity contribution in [2.45, 2.75) is 46.7 Å². The van der Waals surface area contributed by atoms with Gasteiger partial charge in [0.1, 0.15) is 0 Å². The monoisotopic (exact) mass is 418 g/mol. The number of nitrogens with zero attached hydrogens (tertiary/aromatic N) is 2. The molecule has 2 aromatic carbocycles. The van der Waals surface area contributed by atoms with E-state index in [-0.39, 0.29) is 11.3 Å². The van der Waals surface area contributed by atoms with Crippen molar-refractivity contribution >= 4 is 5.97 Å². The molecule has 0 saturated heterocycles. The van der Waals surface area contributed by atoms with Crippen LogP contribution in [0, 0.1) is 5.92 Å². The molecule has 0 aliphatic rings. The normalized spacial score (nSPS) is 11.5. The third-order valence-electron chi connectivity index (χ3n) is 5.40. The summed E-state index contributed by atoms with van der Waals surface area (Å²) < 4.78 is 3.65. The van der Waals surface area contributed by atoms with Gasteiger partial charge in [0.2, 0.25) is 0 Å². The molecule has 3 rings (SSSR count). The smallest absolute Gasteiger partial charge is 0.336 e. The van der Waals surface area contributed by atoms with Crippen LogP contribution in [0.15, 0.2) is 71.7 Å². The Morgan fingerprint density at radius 1 is 1.10 bits per heavy atom. The summed E-state index contributed by atoms with van der Waals surface area (Å²) >= 11 is 0. The molecule has 1 heterocycles. The number of carboxylic acids is 1. The predicted molar refractivity (Wildman–Crippen MR) is 125 cm³/mol.